The molecular formula is C10H22N2O3P+. The van der Waals surface area contributed by atoms with E-state index < -0.39 is 13.6 Å². The summed E-state index contributed by atoms with van der Waals surface area (Å²) in [5, 5.41) is 7.95. The molecule has 1 saturated carbocycles. The van der Waals surface area contributed by atoms with Gasteiger partial charge in [-0.2, -0.15) is 14.7 Å². The lowest BCUT2D eigenvalue weighted by molar-refractivity contribution is 0.311. The molecule has 0 aromatic heterocycles. The normalized spacial score (nSPS) is 19.8. The molecule has 1 aliphatic rings. The predicted molar refractivity (Wildman–Crippen MR) is 65.4 cm³/mol. The van der Waals surface area contributed by atoms with Crippen LogP contribution in [0.5, 0.6) is 0 Å². The second kappa shape index (κ2) is 5.41. The van der Waals surface area contributed by atoms with Gasteiger partial charge in [0.05, 0.1) is 0 Å². The Morgan fingerprint density at radius 3 is 2.25 bits per heavy atom. The summed E-state index contributed by atoms with van der Waals surface area (Å²) in [5.41, 5.74) is -0.835. The van der Waals surface area contributed by atoms with Crippen molar-refractivity contribution < 1.29 is 14.7 Å². The van der Waals surface area contributed by atoms with Gasteiger partial charge < -0.3 is 4.90 Å². The number of nitrogens with one attached hydrogen (secondary N) is 1. The first kappa shape index (κ1) is 13.8. The smallest absolute Gasteiger partial charge is 0.357 e. The molecule has 1 fully saturated rings. The van der Waals surface area contributed by atoms with Gasteiger partial charge in [-0.1, -0.05) is 19.8 Å². The van der Waals surface area contributed by atoms with E-state index in [1.807, 2.05) is 0 Å². The molecule has 0 radical (unpaired) electrons. The van der Waals surface area contributed by atoms with E-state index in [2.05, 4.69) is 0 Å². The predicted octanol–water partition coefficient (Wildman–Crippen LogP) is 1.36. The average Bonchev–Trinajstić information content (AvgIpc) is 2.67. The zero-order chi connectivity index (χ0) is 12.3. The summed E-state index contributed by atoms with van der Waals surface area (Å²) in [4.78, 5) is 29.7. The first-order valence-corrected chi connectivity index (χ1v) is 7.47. The Morgan fingerprint density at radius 1 is 1.38 bits per heavy atom. The summed E-state index contributed by atoms with van der Waals surface area (Å²) in [6, 6.07) is 0.313. The van der Waals surface area contributed by atoms with Crippen LogP contribution in [-0.2, 0) is 0 Å². The third-order valence-corrected chi connectivity index (χ3v) is 4.82. The molecule has 1 aliphatic carbocycles. The van der Waals surface area contributed by atoms with Crippen molar-refractivity contribution >= 4 is 13.8 Å². The third kappa shape index (κ3) is 3.14. The molecule has 0 aromatic rings. The fourth-order valence-corrected chi connectivity index (χ4v) is 3.33. The quantitative estimate of drug-likeness (QED) is 0.344. The molecular weight excluding hydrogens is 227 g/mol. The monoisotopic (exact) mass is 249 g/mol. The lowest BCUT2D eigenvalue weighted by Crippen LogP contribution is -2.42. The van der Waals surface area contributed by atoms with E-state index in [1.54, 1.807) is 18.9 Å². The molecule has 0 spiro atoms. The molecule has 0 saturated heterocycles. The SMILES string of the molecule is CCC(C(=N)N(C)C1CCCC1)[P+](O)(O)O. The summed E-state index contributed by atoms with van der Waals surface area (Å²) in [5.74, 6) is 0.148. The molecule has 94 valence electrons. The lowest BCUT2D eigenvalue weighted by atomic mass is 10.2. The highest BCUT2D eigenvalue weighted by Crippen LogP contribution is 2.52. The summed E-state index contributed by atoms with van der Waals surface area (Å²) in [6.07, 6.45) is 4.78. The molecule has 1 rings (SSSR count). The molecule has 5 nitrogen and oxygen atoms in total. The van der Waals surface area contributed by atoms with Crippen molar-refractivity contribution in [3.63, 3.8) is 0 Å². The Hall–Kier alpha value is -0.220. The summed E-state index contributed by atoms with van der Waals surface area (Å²) < 4.78 is 0. The van der Waals surface area contributed by atoms with Crippen LogP contribution < -0.4 is 0 Å². The molecule has 16 heavy (non-hydrogen) atoms. The minimum Gasteiger partial charge on any atom is -0.357 e. The molecule has 1 unspecified atom stereocenters. The van der Waals surface area contributed by atoms with Crippen LogP contribution in [0.15, 0.2) is 0 Å². The lowest BCUT2D eigenvalue weighted by Gasteiger charge is -2.30. The van der Waals surface area contributed by atoms with Crippen molar-refractivity contribution in [2.24, 2.45) is 0 Å². The van der Waals surface area contributed by atoms with E-state index in [4.69, 9.17) is 5.41 Å². The van der Waals surface area contributed by atoms with Crippen LogP contribution in [0.1, 0.15) is 39.0 Å². The number of hydrogen-bond donors (Lipinski definition) is 4. The zero-order valence-electron chi connectivity index (χ0n) is 9.93. The zero-order valence-corrected chi connectivity index (χ0v) is 10.8. The minimum absolute atomic E-state index is 0.148. The van der Waals surface area contributed by atoms with Crippen molar-refractivity contribution in [1.82, 2.24) is 4.90 Å². The van der Waals surface area contributed by atoms with Crippen LogP contribution in [0.4, 0.5) is 0 Å². The third-order valence-electron chi connectivity index (χ3n) is 3.37. The van der Waals surface area contributed by atoms with Gasteiger partial charge in [0.25, 0.3) is 0 Å². The van der Waals surface area contributed by atoms with E-state index in [0.29, 0.717) is 12.5 Å². The van der Waals surface area contributed by atoms with Gasteiger partial charge in [0.1, 0.15) is 5.84 Å². The first-order valence-electron chi connectivity index (χ1n) is 5.76. The molecule has 0 aromatic carbocycles. The van der Waals surface area contributed by atoms with Crippen LogP contribution in [0.3, 0.4) is 0 Å². The highest BCUT2D eigenvalue weighted by molar-refractivity contribution is 7.60. The van der Waals surface area contributed by atoms with Gasteiger partial charge >= 0.3 is 7.94 Å². The van der Waals surface area contributed by atoms with Crippen LogP contribution in [0, 0.1) is 5.41 Å². The van der Waals surface area contributed by atoms with Gasteiger partial charge in [-0.25, -0.2) is 0 Å². The highest BCUT2D eigenvalue weighted by Gasteiger charge is 2.46. The fourth-order valence-electron chi connectivity index (χ4n) is 2.33. The van der Waals surface area contributed by atoms with Crippen LogP contribution in [0.25, 0.3) is 0 Å². The van der Waals surface area contributed by atoms with E-state index in [0.717, 1.165) is 25.7 Å². The second-order valence-corrected chi connectivity index (χ2v) is 6.33. The van der Waals surface area contributed by atoms with Gasteiger partial charge in [0.2, 0.25) is 5.66 Å². The van der Waals surface area contributed by atoms with Gasteiger partial charge in [-0.15, -0.1) is 0 Å². The highest BCUT2D eigenvalue weighted by atomic mass is 31.2. The maximum absolute atomic E-state index is 9.29. The van der Waals surface area contributed by atoms with Crippen molar-refractivity contribution in [3.8, 4) is 0 Å². The van der Waals surface area contributed by atoms with E-state index in [-0.39, 0.29) is 5.84 Å². The topological polar surface area (TPSA) is 87.8 Å². The maximum Gasteiger partial charge on any atom is 0.414 e. The number of hydrogen-bond acceptors (Lipinski definition) is 4. The van der Waals surface area contributed by atoms with Gasteiger partial charge in [0, 0.05) is 13.1 Å². The Balaban J connectivity index is 2.67. The van der Waals surface area contributed by atoms with Crippen molar-refractivity contribution in [3.05, 3.63) is 0 Å². The Morgan fingerprint density at radius 2 is 1.88 bits per heavy atom. The molecule has 6 heteroatoms. The molecule has 0 bridgehead atoms. The average molecular weight is 249 g/mol. The number of rotatable bonds is 4. The Kier molecular flexibility index (Phi) is 4.68. The summed E-state index contributed by atoms with van der Waals surface area (Å²) >= 11 is 0. The Bertz CT molecular complexity index is 249. The molecule has 0 aliphatic heterocycles. The van der Waals surface area contributed by atoms with E-state index in [1.165, 1.54) is 0 Å². The molecule has 0 amide bonds. The van der Waals surface area contributed by atoms with Crippen LogP contribution in [-0.4, -0.2) is 44.2 Å². The molecule has 4 N–H and O–H groups in total. The second-order valence-electron chi connectivity index (χ2n) is 4.47. The van der Waals surface area contributed by atoms with Crippen molar-refractivity contribution in [2.45, 2.75) is 50.7 Å². The number of amidine groups is 1. The van der Waals surface area contributed by atoms with Gasteiger partial charge in [0.15, 0.2) is 0 Å². The summed E-state index contributed by atoms with van der Waals surface area (Å²) in [7, 11) is -2.14. The minimum atomic E-state index is -3.94. The molecule has 0 heterocycles. The summed E-state index contributed by atoms with van der Waals surface area (Å²) in [6.45, 7) is 1.75. The largest absolute Gasteiger partial charge is 0.414 e. The van der Waals surface area contributed by atoms with Crippen molar-refractivity contribution in [1.29, 1.82) is 5.41 Å². The van der Waals surface area contributed by atoms with E-state index in [9.17, 15) is 14.7 Å². The fraction of sp³-hybridized carbons (Fsp3) is 0.900. The van der Waals surface area contributed by atoms with Gasteiger partial charge in [-0.05, 0) is 19.3 Å². The maximum atomic E-state index is 9.29. The van der Waals surface area contributed by atoms with Crippen LogP contribution >= 0.6 is 7.94 Å². The Labute approximate surface area is 97.2 Å². The first-order chi connectivity index (χ1) is 7.38. The standard InChI is InChI=1S/C10H22N2O3P/c1-3-9(16(13,14)15)10(11)12(2)8-6-4-5-7-8/h8-9,11,13-15H,3-7H2,1-2H3/q+1. The molecule has 1 atom stereocenters. The van der Waals surface area contributed by atoms with Crippen LogP contribution in [0.2, 0.25) is 0 Å². The van der Waals surface area contributed by atoms with Gasteiger partial charge in [-0.3, -0.25) is 5.41 Å². The van der Waals surface area contributed by atoms with E-state index >= 15 is 0 Å². The number of nitrogens with zero attached hydrogens (tertiary/aromatic N) is 1. The van der Waals surface area contributed by atoms with Crippen molar-refractivity contribution in [2.75, 3.05) is 7.05 Å².